The van der Waals surface area contributed by atoms with Gasteiger partial charge < -0.3 is 9.72 Å². The van der Waals surface area contributed by atoms with E-state index in [0.29, 0.717) is 12.2 Å². The van der Waals surface area contributed by atoms with E-state index < -0.39 is 10.1 Å². The number of aromatic nitrogens is 1. The quantitative estimate of drug-likeness (QED) is 0.859. The first-order chi connectivity index (χ1) is 9.83. The topological polar surface area (TPSA) is 85.5 Å². The van der Waals surface area contributed by atoms with Gasteiger partial charge in [0.15, 0.2) is 0 Å². The van der Waals surface area contributed by atoms with E-state index in [-0.39, 0.29) is 18.3 Å². The van der Waals surface area contributed by atoms with Crippen molar-refractivity contribution in [3.8, 4) is 5.75 Å². The van der Waals surface area contributed by atoms with Gasteiger partial charge in [-0.2, -0.15) is 8.42 Å². The van der Waals surface area contributed by atoms with Crippen LogP contribution in [-0.2, 0) is 20.7 Å². The van der Waals surface area contributed by atoms with Crippen molar-refractivity contribution in [3.05, 3.63) is 39.7 Å². The maximum atomic E-state index is 11.4. The van der Waals surface area contributed by atoms with Gasteiger partial charge in [0.25, 0.3) is 10.1 Å². The molecule has 21 heavy (non-hydrogen) atoms. The zero-order valence-electron chi connectivity index (χ0n) is 11.7. The van der Waals surface area contributed by atoms with Crippen molar-refractivity contribution >= 4 is 21.0 Å². The Morgan fingerprint density at radius 3 is 2.90 bits per heavy atom. The summed E-state index contributed by atoms with van der Waals surface area (Å²) in [5.41, 5.74) is 2.42. The van der Waals surface area contributed by atoms with Crippen LogP contribution in [0.4, 0.5) is 0 Å². The number of ether oxygens (including phenoxy) is 1. The average Bonchev–Trinajstić information content (AvgIpc) is 2.80. The van der Waals surface area contributed by atoms with Crippen molar-refractivity contribution in [2.45, 2.75) is 19.4 Å². The third kappa shape index (κ3) is 2.79. The molecule has 0 saturated heterocycles. The molecule has 0 bridgehead atoms. The summed E-state index contributed by atoms with van der Waals surface area (Å²) in [4.78, 5) is 14.2. The third-order valence-corrected chi connectivity index (χ3v) is 4.05. The van der Waals surface area contributed by atoms with Gasteiger partial charge in [0.2, 0.25) is 5.56 Å². The van der Waals surface area contributed by atoms with Crippen LogP contribution in [0.25, 0.3) is 10.9 Å². The molecule has 1 atom stereocenters. The number of nitrogens with one attached hydrogen (secondary N) is 1. The maximum absolute atomic E-state index is 11.4. The standard InChI is InChI=1S/C14H15NO5S/c1-8-13-9(3-4-12(16)15-13)5-10-6-11(20-14(8)10)7-19-21(2,17)18/h3-5,11H,6-7H2,1-2H3,(H,15,16). The second-order valence-electron chi connectivity index (χ2n) is 5.21. The fraction of sp³-hybridized carbons (Fsp3) is 0.357. The normalized spacial score (nSPS) is 17.7. The van der Waals surface area contributed by atoms with Crippen molar-refractivity contribution in [1.29, 1.82) is 0 Å². The summed E-state index contributed by atoms with van der Waals surface area (Å²) >= 11 is 0. The van der Waals surface area contributed by atoms with E-state index in [9.17, 15) is 13.2 Å². The highest BCUT2D eigenvalue weighted by Crippen LogP contribution is 2.36. The molecule has 0 fully saturated rings. The Hall–Kier alpha value is -1.86. The number of aryl methyl sites for hydroxylation is 1. The SMILES string of the molecule is Cc1c2c(cc3ccc(=O)[nH]c13)CC(COS(C)(=O)=O)O2. The Morgan fingerprint density at radius 1 is 1.43 bits per heavy atom. The molecule has 0 amide bonds. The number of hydrogen-bond donors (Lipinski definition) is 1. The van der Waals surface area contributed by atoms with Crippen LogP contribution in [0.5, 0.6) is 5.75 Å². The lowest BCUT2D eigenvalue weighted by Gasteiger charge is -2.11. The van der Waals surface area contributed by atoms with Gasteiger partial charge in [-0.05, 0) is 30.0 Å². The summed E-state index contributed by atoms with van der Waals surface area (Å²) in [6, 6.07) is 5.20. The number of fused-ring (bicyclic) bond motifs is 2. The van der Waals surface area contributed by atoms with E-state index in [4.69, 9.17) is 8.92 Å². The molecule has 0 radical (unpaired) electrons. The zero-order chi connectivity index (χ0) is 15.2. The summed E-state index contributed by atoms with van der Waals surface area (Å²) in [6.07, 6.45) is 1.26. The molecule has 1 aliphatic rings. The fourth-order valence-corrected chi connectivity index (χ4v) is 2.98. The lowest BCUT2D eigenvalue weighted by molar-refractivity contribution is 0.152. The van der Waals surface area contributed by atoms with Crippen molar-refractivity contribution in [1.82, 2.24) is 4.98 Å². The van der Waals surface area contributed by atoms with Crippen LogP contribution in [0.2, 0.25) is 0 Å². The molecule has 0 spiro atoms. The highest BCUT2D eigenvalue weighted by Gasteiger charge is 2.27. The Labute approximate surface area is 121 Å². The van der Waals surface area contributed by atoms with E-state index in [1.807, 2.05) is 13.0 Å². The van der Waals surface area contributed by atoms with Gasteiger partial charge in [-0.3, -0.25) is 8.98 Å². The molecule has 1 aromatic carbocycles. The average molecular weight is 309 g/mol. The minimum atomic E-state index is -3.48. The molecule has 0 aliphatic carbocycles. The van der Waals surface area contributed by atoms with Gasteiger partial charge in [0.1, 0.15) is 18.5 Å². The molecule has 2 aromatic rings. The number of aromatic amines is 1. The molecule has 1 aliphatic heterocycles. The first kappa shape index (κ1) is 14.1. The lowest BCUT2D eigenvalue weighted by atomic mass is 10.0. The molecule has 2 heterocycles. The molecule has 3 rings (SSSR count). The van der Waals surface area contributed by atoms with Crippen LogP contribution < -0.4 is 10.3 Å². The largest absolute Gasteiger partial charge is 0.487 e. The summed E-state index contributed by atoms with van der Waals surface area (Å²) in [5.74, 6) is 0.700. The number of hydrogen-bond acceptors (Lipinski definition) is 5. The molecule has 1 aromatic heterocycles. The fourth-order valence-electron chi connectivity index (χ4n) is 2.59. The Balaban J connectivity index is 1.94. The maximum Gasteiger partial charge on any atom is 0.264 e. The molecule has 0 saturated carbocycles. The third-order valence-electron chi connectivity index (χ3n) is 3.49. The molecular formula is C14H15NO5S. The molecule has 7 heteroatoms. The molecule has 6 nitrogen and oxygen atoms in total. The van der Waals surface area contributed by atoms with Crippen LogP contribution in [0.1, 0.15) is 11.1 Å². The molecular weight excluding hydrogens is 294 g/mol. The van der Waals surface area contributed by atoms with Crippen molar-refractivity contribution < 1.29 is 17.3 Å². The monoisotopic (exact) mass is 309 g/mol. The lowest BCUT2D eigenvalue weighted by Crippen LogP contribution is -2.22. The van der Waals surface area contributed by atoms with Gasteiger partial charge in [-0.1, -0.05) is 0 Å². The van der Waals surface area contributed by atoms with E-state index in [2.05, 4.69) is 4.98 Å². The van der Waals surface area contributed by atoms with Crippen LogP contribution in [-0.4, -0.2) is 32.4 Å². The molecule has 1 N–H and O–H groups in total. The molecule has 112 valence electrons. The summed E-state index contributed by atoms with van der Waals surface area (Å²) in [5, 5.41) is 0.930. The Morgan fingerprint density at radius 2 is 2.19 bits per heavy atom. The van der Waals surface area contributed by atoms with Crippen molar-refractivity contribution in [2.75, 3.05) is 12.9 Å². The highest BCUT2D eigenvalue weighted by molar-refractivity contribution is 7.85. The highest BCUT2D eigenvalue weighted by atomic mass is 32.2. The van der Waals surface area contributed by atoms with Gasteiger partial charge in [-0.15, -0.1) is 0 Å². The number of rotatable bonds is 3. The van der Waals surface area contributed by atoms with Crippen LogP contribution in [0.3, 0.4) is 0 Å². The van der Waals surface area contributed by atoms with Crippen LogP contribution >= 0.6 is 0 Å². The minimum absolute atomic E-state index is 0.0141. The van der Waals surface area contributed by atoms with E-state index in [1.54, 1.807) is 6.07 Å². The van der Waals surface area contributed by atoms with Crippen molar-refractivity contribution in [2.24, 2.45) is 0 Å². The van der Waals surface area contributed by atoms with Gasteiger partial charge in [0.05, 0.1) is 11.8 Å². The van der Waals surface area contributed by atoms with E-state index in [1.165, 1.54) is 6.07 Å². The Kier molecular flexibility index (Phi) is 3.26. The number of H-pyrrole nitrogens is 1. The van der Waals surface area contributed by atoms with Gasteiger partial charge >= 0.3 is 0 Å². The number of pyridine rings is 1. The predicted octanol–water partition coefficient (Wildman–Crippen LogP) is 1.12. The first-order valence-electron chi connectivity index (χ1n) is 6.50. The summed E-state index contributed by atoms with van der Waals surface area (Å²) < 4.78 is 32.6. The van der Waals surface area contributed by atoms with E-state index in [0.717, 1.165) is 28.3 Å². The number of benzene rings is 1. The zero-order valence-corrected chi connectivity index (χ0v) is 12.5. The second kappa shape index (κ2) is 4.85. The van der Waals surface area contributed by atoms with Crippen molar-refractivity contribution in [3.63, 3.8) is 0 Å². The second-order valence-corrected chi connectivity index (χ2v) is 6.85. The summed E-state index contributed by atoms with van der Waals surface area (Å²) in [6.45, 7) is 1.86. The first-order valence-corrected chi connectivity index (χ1v) is 8.32. The molecule has 1 unspecified atom stereocenters. The van der Waals surface area contributed by atoms with Crippen LogP contribution in [0.15, 0.2) is 23.0 Å². The van der Waals surface area contributed by atoms with Gasteiger partial charge in [-0.25, -0.2) is 0 Å². The van der Waals surface area contributed by atoms with E-state index >= 15 is 0 Å². The smallest absolute Gasteiger partial charge is 0.264 e. The van der Waals surface area contributed by atoms with Gasteiger partial charge in [0, 0.05) is 18.1 Å². The summed E-state index contributed by atoms with van der Waals surface area (Å²) in [7, 11) is -3.48. The predicted molar refractivity (Wildman–Crippen MR) is 78.2 cm³/mol. The minimum Gasteiger partial charge on any atom is -0.487 e. The Bertz CT molecular complexity index is 869. The van der Waals surface area contributed by atoms with Crippen LogP contribution in [0, 0.1) is 6.92 Å².